The van der Waals surface area contributed by atoms with Gasteiger partial charge in [0, 0.05) is 11.8 Å². The van der Waals surface area contributed by atoms with Crippen molar-refractivity contribution in [3.05, 3.63) is 112 Å². The van der Waals surface area contributed by atoms with Gasteiger partial charge in [0.2, 0.25) is 5.43 Å². The summed E-state index contributed by atoms with van der Waals surface area (Å²) in [5.41, 5.74) is -0.514. The first-order valence-electron chi connectivity index (χ1n) is 10.1. The lowest BCUT2D eigenvalue weighted by Crippen LogP contribution is -2.27. The Morgan fingerprint density at radius 3 is 2.24 bits per heavy atom. The van der Waals surface area contributed by atoms with E-state index in [0.29, 0.717) is 5.69 Å². The summed E-state index contributed by atoms with van der Waals surface area (Å²) in [6, 6.07) is 20.9. The summed E-state index contributed by atoms with van der Waals surface area (Å²) in [6.07, 6.45) is 0. The number of carbonyl (C=O) groups excluding carboxylic acids is 1. The average Bonchev–Trinajstić information content (AvgIpc) is 2.81. The SMILES string of the molecule is Cc1cc(=O)c(C(=O)Nc2ccccc2NS(=O)(=O)c2ccccc2)nn1-c1ccccc1F. The van der Waals surface area contributed by atoms with E-state index in [4.69, 9.17) is 0 Å². The molecule has 4 aromatic rings. The minimum atomic E-state index is -3.92. The molecule has 0 spiro atoms. The van der Waals surface area contributed by atoms with Crippen molar-refractivity contribution in [3.63, 3.8) is 0 Å². The van der Waals surface area contributed by atoms with Crippen LogP contribution in [0.1, 0.15) is 16.2 Å². The Morgan fingerprint density at radius 1 is 0.912 bits per heavy atom. The molecule has 0 aliphatic rings. The van der Waals surface area contributed by atoms with Crippen LogP contribution in [-0.2, 0) is 10.0 Å². The number of sulfonamides is 1. The largest absolute Gasteiger partial charge is 0.319 e. The van der Waals surface area contributed by atoms with E-state index in [2.05, 4.69) is 15.1 Å². The molecule has 2 N–H and O–H groups in total. The number of nitrogens with one attached hydrogen (secondary N) is 2. The van der Waals surface area contributed by atoms with E-state index in [9.17, 15) is 22.4 Å². The van der Waals surface area contributed by atoms with Crippen molar-refractivity contribution in [2.45, 2.75) is 11.8 Å². The molecule has 3 aromatic carbocycles. The lowest BCUT2D eigenvalue weighted by molar-refractivity contribution is 0.101. The summed E-state index contributed by atoms with van der Waals surface area (Å²) in [7, 11) is -3.92. The van der Waals surface area contributed by atoms with Crippen LogP contribution in [0.4, 0.5) is 15.8 Å². The molecule has 0 aliphatic heterocycles. The Kier molecular flexibility index (Phi) is 6.24. The molecule has 1 heterocycles. The monoisotopic (exact) mass is 478 g/mol. The van der Waals surface area contributed by atoms with E-state index in [-0.39, 0.29) is 22.0 Å². The van der Waals surface area contributed by atoms with Crippen LogP contribution in [0, 0.1) is 12.7 Å². The first-order chi connectivity index (χ1) is 16.3. The number of aromatic nitrogens is 2. The van der Waals surface area contributed by atoms with Crippen molar-refractivity contribution >= 4 is 27.3 Å². The topological polar surface area (TPSA) is 110 Å². The smallest absolute Gasteiger partial charge is 0.280 e. The lowest BCUT2D eigenvalue weighted by Gasteiger charge is -2.14. The molecule has 0 radical (unpaired) electrons. The Balaban J connectivity index is 1.67. The van der Waals surface area contributed by atoms with Gasteiger partial charge in [-0.2, -0.15) is 5.10 Å². The fourth-order valence-corrected chi connectivity index (χ4v) is 4.34. The summed E-state index contributed by atoms with van der Waals surface area (Å²) in [5.74, 6) is -1.45. The molecule has 8 nitrogen and oxygen atoms in total. The van der Waals surface area contributed by atoms with E-state index >= 15 is 0 Å². The van der Waals surface area contributed by atoms with Gasteiger partial charge in [0.1, 0.15) is 11.5 Å². The Morgan fingerprint density at radius 2 is 1.53 bits per heavy atom. The fourth-order valence-electron chi connectivity index (χ4n) is 3.24. The lowest BCUT2D eigenvalue weighted by atomic mass is 10.2. The third kappa shape index (κ3) is 4.71. The first-order valence-corrected chi connectivity index (χ1v) is 11.6. The fraction of sp³-hybridized carbons (Fsp3) is 0.0417. The number of para-hydroxylation sites is 3. The molecule has 1 amide bonds. The van der Waals surface area contributed by atoms with Crippen molar-refractivity contribution in [1.82, 2.24) is 9.78 Å². The summed E-state index contributed by atoms with van der Waals surface area (Å²) < 4.78 is 43.3. The van der Waals surface area contributed by atoms with Crippen molar-refractivity contribution in [2.75, 3.05) is 10.0 Å². The number of hydrogen-bond donors (Lipinski definition) is 2. The Bertz CT molecular complexity index is 1540. The second kappa shape index (κ2) is 9.28. The van der Waals surface area contributed by atoms with Crippen molar-refractivity contribution in [2.24, 2.45) is 0 Å². The van der Waals surface area contributed by atoms with Crippen LogP contribution < -0.4 is 15.5 Å². The average molecular weight is 479 g/mol. The predicted molar refractivity (Wildman–Crippen MR) is 126 cm³/mol. The molecular weight excluding hydrogens is 459 g/mol. The normalized spacial score (nSPS) is 11.1. The van der Waals surface area contributed by atoms with Crippen LogP contribution in [0.3, 0.4) is 0 Å². The Hall–Kier alpha value is -4.31. The maximum Gasteiger partial charge on any atom is 0.280 e. The van der Waals surface area contributed by atoms with Crippen LogP contribution >= 0.6 is 0 Å². The zero-order valence-corrected chi connectivity index (χ0v) is 18.7. The van der Waals surface area contributed by atoms with Crippen molar-refractivity contribution in [1.29, 1.82) is 0 Å². The van der Waals surface area contributed by atoms with Crippen LogP contribution in [0.15, 0.2) is 94.6 Å². The van der Waals surface area contributed by atoms with Crippen molar-refractivity contribution in [3.8, 4) is 5.69 Å². The van der Waals surface area contributed by atoms with E-state index in [1.807, 2.05) is 0 Å². The highest BCUT2D eigenvalue weighted by molar-refractivity contribution is 7.92. The standard InChI is InChI=1S/C24H19FN4O4S/c1-16-15-22(30)23(27-29(16)21-14-8-5-11-18(21)25)24(31)26-19-12-6-7-13-20(19)28-34(32,33)17-9-3-2-4-10-17/h2-15,28H,1H3,(H,26,31). The summed E-state index contributed by atoms with van der Waals surface area (Å²) >= 11 is 0. The number of rotatable bonds is 6. The predicted octanol–water partition coefficient (Wildman–Crippen LogP) is 3.73. The zero-order valence-electron chi connectivity index (χ0n) is 17.9. The second-order valence-electron chi connectivity index (χ2n) is 7.28. The van der Waals surface area contributed by atoms with Gasteiger partial charge in [0.05, 0.1) is 16.3 Å². The number of hydrogen-bond acceptors (Lipinski definition) is 5. The second-order valence-corrected chi connectivity index (χ2v) is 8.96. The van der Waals surface area contributed by atoms with Gasteiger partial charge in [0.25, 0.3) is 15.9 Å². The highest BCUT2D eigenvalue weighted by atomic mass is 32.2. The van der Waals surface area contributed by atoms with E-state index in [1.54, 1.807) is 43.3 Å². The maximum absolute atomic E-state index is 14.3. The molecule has 1 aromatic heterocycles. The van der Waals surface area contributed by atoms with Gasteiger partial charge < -0.3 is 5.32 Å². The maximum atomic E-state index is 14.3. The van der Waals surface area contributed by atoms with Gasteiger partial charge in [-0.15, -0.1) is 0 Å². The number of halogens is 1. The summed E-state index contributed by atoms with van der Waals surface area (Å²) in [5, 5.41) is 6.58. The number of carbonyl (C=O) groups is 1. The van der Waals surface area contributed by atoms with Crippen LogP contribution in [0.2, 0.25) is 0 Å². The third-order valence-corrected chi connectivity index (χ3v) is 6.26. The summed E-state index contributed by atoms with van der Waals surface area (Å²) in [4.78, 5) is 25.5. The van der Waals surface area contributed by atoms with E-state index in [0.717, 1.165) is 4.68 Å². The molecule has 172 valence electrons. The van der Waals surface area contributed by atoms with Crippen LogP contribution in [0.25, 0.3) is 5.69 Å². The number of nitrogens with zero attached hydrogens (tertiary/aromatic N) is 2. The van der Waals surface area contributed by atoms with Crippen molar-refractivity contribution < 1.29 is 17.6 Å². The van der Waals surface area contributed by atoms with Gasteiger partial charge in [-0.25, -0.2) is 17.5 Å². The molecule has 10 heteroatoms. The molecule has 0 atom stereocenters. The number of aryl methyl sites for hydroxylation is 1. The van der Waals surface area contributed by atoms with E-state index in [1.165, 1.54) is 48.5 Å². The number of amides is 1. The highest BCUT2D eigenvalue weighted by Crippen LogP contribution is 2.25. The highest BCUT2D eigenvalue weighted by Gasteiger charge is 2.20. The van der Waals surface area contributed by atoms with Gasteiger partial charge in [-0.05, 0) is 43.3 Å². The minimum absolute atomic E-state index is 0.0455. The quantitative estimate of drug-likeness (QED) is 0.439. The molecule has 0 fully saturated rings. The Labute approximate surface area is 194 Å². The van der Waals surface area contributed by atoms with Gasteiger partial charge in [-0.1, -0.05) is 42.5 Å². The minimum Gasteiger partial charge on any atom is -0.319 e. The molecule has 0 aliphatic carbocycles. The molecule has 0 saturated carbocycles. The number of benzene rings is 3. The van der Waals surface area contributed by atoms with Crippen LogP contribution in [-0.4, -0.2) is 24.1 Å². The van der Waals surface area contributed by atoms with Gasteiger partial charge in [-0.3, -0.25) is 14.3 Å². The zero-order chi connectivity index (χ0) is 24.3. The molecule has 0 bridgehead atoms. The molecule has 0 unspecified atom stereocenters. The molecule has 4 rings (SSSR count). The number of anilines is 2. The third-order valence-electron chi connectivity index (χ3n) is 4.88. The van der Waals surface area contributed by atoms with Gasteiger partial charge >= 0.3 is 0 Å². The molecule has 0 saturated heterocycles. The molecule has 34 heavy (non-hydrogen) atoms. The first kappa shape index (κ1) is 22.9. The summed E-state index contributed by atoms with van der Waals surface area (Å²) in [6.45, 7) is 1.57. The van der Waals surface area contributed by atoms with Gasteiger partial charge in [0.15, 0.2) is 5.69 Å². The van der Waals surface area contributed by atoms with E-state index < -0.39 is 32.9 Å². The van der Waals surface area contributed by atoms with Crippen LogP contribution in [0.5, 0.6) is 0 Å². The molecular formula is C24H19FN4O4S.